The largest absolute Gasteiger partial charge is 0.481 e. The molecule has 0 aliphatic carbocycles. The number of carboxylic acid groups (broad SMARTS) is 4. The third-order valence-electron chi connectivity index (χ3n) is 12.2. The van der Waals surface area contributed by atoms with Crippen molar-refractivity contribution in [2.24, 2.45) is 50.5 Å². The summed E-state index contributed by atoms with van der Waals surface area (Å²) in [6.07, 6.45) is -3.37. The molecule has 1 aromatic rings. The Morgan fingerprint density at radius 2 is 0.914 bits per heavy atom. The molecule has 0 saturated heterocycles. The Hall–Kier alpha value is -8.64. The second kappa shape index (κ2) is 36.5. The van der Waals surface area contributed by atoms with Crippen LogP contribution in [-0.4, -0.2) is 171 Å². The van der Waals surface area contributed by atoms with Gasteiger partial charge in [0, 0.05) is 32.4 Å². The molecule has 452 valence electrons. The van der Waals surface area contributed by atoms with Gasteiger partial charge in [0.2, 0.25) is 47.3 Å². The van der Waals surface area contributed by atoms with Crippen LogP contribution in [0, 0.1) is 11.8 Å². The first-order valence-corrected chi connectivity index (χ1v) is 26.2. The van der Waals surface area contributed by atoms with Gasteiger partial charge < -0.3 is 91.6 Å². The molecule has 0 aromatic heterocycles. The summed E-state index contributed by atoms with van der Waals surface area (Å²) in [4.78, 5) is 165. The third kappa shape index (κ3) is 28.7. The predicted octanol–water partition coefficient (Wildman–Crippen LogP) is -4.06. The Kier molecular flexibility index (Phi) is 31.7. The van der Waals surface area contributed by atoms with E-state index in [0.717, 1.165) is 0 Å². The minimum atomic E-state index is -2.01. The van der Waals surface area contributed by atoms with Crippen molar-refractivity contribution in [1.82, 2.24) is 42.5 Å². The zero-order valence-electron chi connectivity index (χ0n) is 46.1. The van der Waals surface area contributed by atoms with Crippen LogP contribution >= 0.6 is 0 Å². The maximum absolute atomic E-state index is 14.0. The summed E-state index contributed by atoms with van der Waals surface area (Å²) in [5, 5.41) is 57.6. The Morgan fingerprint density at radius 3 is 1.37 bits per heavy atom. The Morgan fingerprint density at radius 1 is 0.494 bits per heavy atom. The fourth-order valence-electron chi connectivity index (χ4n) is 7.62. The molecule has 0 aliphatic heterocycles. The number of carbonyl (C=O) groups is 12. The lowest BCUT2D eigenvalue weighted by Crippen LogP contribution is -2.60. The predicted molar refractivity (Wildman–Crippen MR) is 292 cm³/mol. The summed E-state index contributed by atoms with van der Waals surface area (Å²) in [5.74, 6) is -15.4. The number of nitrogens with zero attached hydrogens (tertiary/aromatic N) is 2. The number of nitrogens with one attached hydrogen (secondary N) is 8. The highest BCUT2D eigenvalue weighted by Crippen LogP contribution is 2.13. The number of carboxylic acids is 4. The number of benzene rings is 1. The van der Waals surface area contributed by atoms with Gasteiger partial charge in [0.05, 0.1) is 12.5 Å². The zero-order chi connectivity index (χ0) is 61.5. The SMILES string of the molecule is CC[C@H](C)[C@H](NC(=O)[C@H](CCC(=O)O)NC(=O)[C@H](CCCN=C(N)N)NC(=O)[C@H](CCC(=O)O)NC(=O)[C@H](CC(=O)O)NC(=O)[C@H](C)NC(=O)[C@H](Cc1ccccc1)NC(=O)[C@H](CC(C)C)NC(=O)[C@@H](N)CCCN=C(N)N)C(=O)O. The molecule has 0 unspecified atom stereocenters. The molecule has 0 saturated carbocycles. The van der Waals surface area contributed by atoms with Gasteiger partial charge in [-0.2, -0.15) is 0 Å². The zero-order valence-corrected chi connectivity index (χ0v) is 46.1. The second-order valence-electron chi connectivity index (χ2n) is 19.6. The van der Waals surface area contributed by atoms with Gasteiger partial charge in [0.15, 0.2) is 11.9 Å². The molecule has 81 heavy (non-hydrogen) atoms. The van der Waals surface area contributed by atoms with Crippen LogP contribution < -0.4 is 71.2 Å². The van der Waals surface area contributed by atoms with Gasteiger partial charge in [-0.05, 0) is 69.3 Å². The normalized spacial score (nSPS) is 14.6. The number of carbonyl (C=O) groups excluding carboxylic acids is 8. The average molecular weight is 1150 g/mol. The van der Waals surface area contributed by atoms with Gasteiger partial charge in [0.25, 0.3) is 0 Å². The van der Waals surface area contributed by atoms with E-state index in [2.05, 4.69) is 52.5 Å². The number of aliphatic carboxylic acids is 4. The molecule has 0 radical (unpaired) electrons. The first kappa shape index (κ1) is 70.4. The lowest BCUT2D eigenvalue weighted by molar-refractivity contribution is -0.144. The van der Waals surface area contributed by atoms with E-state index in [1.807, 2.05) is 0 Å². The minimum absolute atomic E-state index is 0.0409. The van der Waals surface area contributed by atoms with Crippen molar-refractivity contribution in [2.75, 3.05) is 13.1 Å². The highest BCUT2D eigenvalue weighted by Gasteiger charge is 2.36. The maximum atomic E-state index is 14.0. The van der Waals surface area contributed by atoms with Crippen LogP contribution in [0.5, 0.6) is 0 Å². The molecule has 22 N–H and O–H groups in total. The molecule has 1 aromatic carbocycles. The van der Waals surface area contributed by atoms with Gasteiger partial charge in [-0.1, -0.05) is 64.4 Å². The minimum Gasteiger partial charge on any atom is -0.481 e. The fraction of sp³-hybridized carbons (Fsp3) is 0.600. The molecule has 31 heteroatoms. The molecule has 1 rings (SSSR count). The van der Waals surface area contributed by atoms with E-state index < -0.39 is 164 Å². The van der Waals surface area contributed by atoms with Crippen LogP contribution in [0.1, 0.15) is 111 Å². The molecule has 0 fully saturated rings. The number of hydrogen-bond donors (Lipinski definition) is 17. The van der Waals surface area contributed by atoms with Gasteiger partial charge in [-0.3, -0.25) is 62.7 Å². The summed E-state index contributed by atoms with van der Waals surface area (Å²) in [5.41, 5.74) is 28.2. The van der Waals surface area contributed by atoms with Gasteiger partial charge in [0.1, 0.15) is 48.3 Å². The molecule has 10 atom stereocenters. The summed E-state index contributed by atoms with van der Waals surface area (Å²) in [6.45, 7) is 8.05. The van der Waals surface area contributed by atoms with Crippen molar-refractivity contribution in [3.63, 3.8) is 0 Å². The number of amides is 8. The van der Waals surface area contributed by atoms with Crippen molar-refractivity contribution in [3.05, 3.63) is 35.9 Å². The van der Waals surface area contributed by atoms with E-state index in [4.69, 9.17) is 28.7 Å². The highest BCUT2D eigenvalue weighted by atomic mass is 16.4. The van der Waals surface area contributed by atoms with Crippen LogP contribution in [0.4, 0.5) is 0 Å². The van der Waals surface area contributed by atoms with Crippen molar-refractivity contribution in [1.29, 1.82) is 0 Å². The number of aliphatic imine (C=N–C) groups is 2. The van der Waals surface area contributed by atoms with Gasteiger partial charge >= 0.3 is 23.9 Å². The van der Waals surface area contributed by atoms with Crippen LogP contribution in [0.15, 0.2) is 40.3 Å². The van der Waals surface area contributed by atoms with Crippen molar-refractivity contribution in [3.8, 4) is 0 Å². The number of hydrogen-bond acceptors (Lipinski definition) is 15. The maximum Gasteiger partial charge on any atom is 0.326 e. The van der Waals surface area contributed by atoms with E-state index >= 15 is 0 Å². The summed E-state index contributed by atoms with van der Waals surface area (Å²) in [7, 11) is 0. The number of rotatable bonds is 39. The number of nitrogens with two attached hydrogens (primary N) is 5. The Balaban J connectivity index is 3.51. The van der Waals surface area contributed by atoms with Crippen LogP contribution in [0.2, 0.25) is 0 Å². The van der Waals surface area contributed by atoms with Crippen molar-refractivity contribution >= 4 is 83.1 Å². The van der Waals surface area contributed by atoms with E-state index in [0.29, 0.717) is 18.4 Å². The topological polar surface area (TPSA) is 537 Å². The molecule has 0 spiro atoms. The summed E-state index contributed by atoms with van der Waals surface area (Å²) >= 11 is 0. The quantitative estimate of drug-likeness (QED) is 0.0169. The molecule has 0 aliphatic rings. The second-order valence-corrected chi connectivity index (χ2v) is 19.6. The van der Waals surface area contributed by atoms with E-state index in [-0.39, 0.29) is 63.0 Å². The van der Waals surface area contributed by atoms with E-state index in [1.54, 1.807) is 51.1 Å². The molecular formula is C50H81N15O16. The molecule has 31 nitrogen and oxygen atoms in total. The van der Waals surface area contributed by atoms with Crippen LogP contribution in [0.3, 0.4) is 0 Å². The molecule has 0 heterocycles. The highest BCUT2D eigenvalue weighted by molar-refractivity contribution is 5.99. The Bertz CT molecular complexity index is 2380. The molecule has 8 amide bonds. The molecular weight excluding hydrogens is 1070 g/mol. The average Bonchev–Trinajstić information content (AvgIpc) is 3.38. The summed E-state index contributed by atoms with van der Waals surface area (Å²) < 4.78 is 0. The third-order valence-corrected chi connectivity index (χ3v) is 12.2. The smallest absolute Gasteiger partial charge is 0.326 e. The lowest BCUT2D eigenvalue weighted by atomic mass is 9.98. The summed E-state index contributed by atoms with van der Waals surface area (Å²) in [6, 6.07) is -5.46. The first-order chi connectivity index (χ1) is 37.9. The first-order valence-electron chi connectivity index (χ1n) is 26.2. The van der Waals surface area contributed by atoms with Gasteiger partial charge in [-0.25, -0.2) is 4.79 Å². The van der Waals surface area contributed by atoms with Crippen LogP contribution in [0.25, 0.3) is 0 Å². The van der Waals surface area contributed by atoms with E-state index in [9.17, 15) is 78.0 Å². The van der Waals surface area contributed by atoms with Crippen LogP contribution in [-0.2, 0) is 64.0 Å². The Labute approximate surface area is 467 Å². The molecule has 0 bridgehead atoms. The standard InChI is InChI=1S/C50H81N15O16/c1-6-26(4)39(48(80)81)65-44(76)32(17-19-37(68)69)60-42(74)30(15-11-21-57-50(54)55)59-43(75)31(16-18-36(66)67)61-47(79)35(24-38(70)71)62-40(72)27(5)58-45(77)34(23-28-12-8-7-9-13-28)64-46(78)33(22-25(2)3)63-41(73)29(51)14-10-20-56-49(52)53/h7-9,12-13,25-27,29-35,39H,6,10-11,14-24,51H2,1-5H3,(H,58,77)(H,59,75)(H,60,74)(H,61,79)(H,62,72)(H,63,73)(H,64,78)(H,65,76)(H,66,67)(H,68,69)(H,70,71)(H,80,81)(H4,52,53,56)(H4,54,55,57)/t26-,27-,29-,30-,31-,32-,33-,34-,35-,39-/m0/s1. The fourth-order valence-corrected chi connectivity index (χ4v) is 7.62. The lowest BCUT2D eigenvalue weighted by Gasteiger charge is -2.28. The van der Waals surface area contributed by atoms with E-state index in [1.165, 1.54) is 13.8 Å². The number of guanidine groups is 2. The van der Waals surface area contributed by atoms with Crippen molar-refractivity contribution in [2.45, 2.75) is 166 Å². The monoisotopic (exact) mass is 1150 g/mol. The van der Waals surface area contributed by atoms with Gasteiger partial charge in [-0.15, -0.1) is 0 Å². The van der Waals surface area contributed by atoms with Crippen molar-refractivity contribution < 1.29 is 78.0 Å².